The molecule has 92 valence electrons. The summed E-state index contributed by atoms with van der Waals surface area (Å²) in [6, 6.07) is 4.06. The molecule has 0 atom stereocenters. The lowest BCUT2D eigenvalue weighted by Gasteiger charge is -2.05. The Morgan fingerprint density at radius 2 is 2.18 bits per heavy atom. The lowest BCUT2D eigenvalue weighted by atomic mass is 10.2. The minimum Gasteiger partial charge on any atom is -0.469 e. The fourth-order valence-electron chi connectivity index (χ4n) is 1.12. The van der Waals surface area contributed by atoms with E-state index in [0.717, 1.165) is 6.07 Å². The summed E-state index contributed by atoms with van der Waals surface area (Å²) in [4.78, 5) is 22.3. The summed E-state index contributed by atoms with van der Waals surface area (Å²) in [7, 11) is 1.27. The highest BCUT2D eigenvalue weighted by molar-refractivity contribution is 9.10. The number of methoxy groups -OCH3 is 1. The molecule has 0 aliphatic rings. The summed E-state index contributed by atoms with van der Waals surface area (Å²) in [5, 5.41) is 2.49. The molecular formula is C11H11BrFNO3. The van der Waals surface area contributed by atoms with Crippen LogP contribution < -0.4 is 5.32 Å². The van der Waals surface area contributed by atoms with E-state index in [0.29, 0.717) is 4.47 Å². The number of carbonyl (C=O) groups is 2. The third-order valence-electron chi connectivity index (χ3n) is 2.02. The normalized spacial score (nSPS) is 9.82. The first-order valence-electron chi connectivity index (χ1n) is 4.84. The molecule has 1 aromatic rings. The Kier molecular flexibility index (Phi) is 5.09. The largest absolute Gasteiger partial charge is 0.469 e. The summed E-state index contributed by atoms with van der Waals surface area (Å²) in [6.07, 6.45) is 0.0846. The molecule has 1 aromatic carbocycles. The van der Waals surface area contributed by atoms with Gasteiger partial charge in [-0.25, -0.2) is 4.39 Å². The van der Waals surface area contributed by atoms with Crippen LogP contribution in [0.3, 0.4) is 0 Å². The van der Waals surface area contributed by atoms with E-state index in [1.807, 2.05) is 0 Å². The highest BCUT2D eigenvalue weighted by Gasteiger charge is 2.09. The first kappa shape index (κ1) is 13.6. The first-order valence-corrected chi connectivity index (χ1v) is 5.64. The molecule has 0 heterocycles. The Hall–Kier alpha value is -1.43. The Bertz CT molecular complexity index is 437. The fraction of sp³-hybridized carbons (Fsp3) is 0.273. The van der Waals surface area contributed by atoms with Crippen LogP contribution in [0, 0.1) is 5.82 Å². The molecule has 0 aliphatic heterocycles. The first-order chi connectivity index (χ1) is 8.04. The minimum atomic E-state index is -0.509. The molecule has 0 unspecified atom stereocenters. The number of rotatable bonds is 4. The van der Waals surface area contributed by atoms with E-state index in [4.69, 9.17) is 0 Å². The molecule has 4 nitrogen and oxygen atoms in total. The smallest absolute Gasteiger partial charge is 0.307 e. The molecule has 6 heteroatoms. The van der Waals surface area contributed by atoms with Crippen molar-refractivity contribution < 1.29 is 18.7 Å². The molecule has 17 heavy (non-hydrogen) atoms. The van der Waals surface area contributed by atoms with Gasteiger partial charge in [0.2, 0.25) is 0 Å². The molecule has 1 amide bonds. The van der Waals surface area contributed by atoms with Crippen molar-refractivity contribution in [1.82, 2.24) is 5.32 Å². The second kappa shape index (κ2) is 6.34. The zero-order chi connectivity index (χ0) is 12.8. The van der Waals surface area contributed by atoms with Gasteiger partial charge in [-0.3, -0.25) is 9.59 Å². The van der Waals surface area contributed by atoms with Crippen LogP contribution in [0.5, 0.6) is 0 Å². The number of halogens is 2. The number of benzene rings is 1. The highest BCUT2D eigenvalue weighted by Crippen LogP contribution is 2.16. The third kappa shape index (κ3) is 4.14. The molecule has 0 spiro atoms. The van der Waals surface area contributed by atoms with Gasteiger partial charge in [0.25, 0.3) is 5.91 Å². The number of hydrogen-bond donors (Lipinski definition) is 1. The summed E-state index contributed by atoms with van der Waals surface area (Å²) < 4.78 is 17.9. The van der Waals surface area contributed by atoms with Crippen LogP contribution >= 0.6 is 15.9 Å². The summed E-state index contributed by atoms with van der Waals surface area (Å²) >= 11 is 2.99. The standard InChI is InChI=1S/C11H11BrFNO3/c1-17-10(15)4-5-14-11(16)7-2-3-8(12)9(13)6-7/h2-3,6H,4-5H2,1H3,(H,14,16). The fourth-order valence-corrected chi connectivity index (χ4v) is 1.37. The van der Waals surface area contributed by atoms with Crippen LogP contribution in [0.25, 0.3) is 0 Å². The van der Waals surface area contributed by atoms with Crippen LogP contribution in [0.15, 0.2) is 22.7 Å². The number of nitrogens with one attached hydrogen (secondary N) is 1. The van der Waals surface area contributed by atoms with E-state index in [1.165, 1.54) is 19.2 Å². The highest BCUT2D eigenvalue weighted by atomic mass is 79.9. The monoisotopic (exact) mass is 303 g/mol. The van der Waals surface area contributed by atoms with E-state index in [-0.39, 0.29) is 18.5 Å². The number of hydrogen-bond acceptors (Lipinski definition) is 3. The van der Waals surface area contributed by atoms with Gasteiger partial charge in [-0.15, -0.1) is 0 Å². The molecule has 0 fully saturated rings. The van der Waals surface area contributed by atoms with E-state index in [2.05, 4.69) is 26.0 Å². The average Bonchev–Trinajstić information content (AvgIpc) is 2.32. The number of carbonyl (C=O) groups excluding carboxylic acids is 2. The predicted octanol–water partition coefficient (Wildman–Crippen LogP) is 1.88. The van der Waals surface area contributed by atoms with Crippen molar-refractivity contribution in [3.63, 3.8) is 0 Å². The van der Waals surface area contributed by atoms with Crippen LogP contribution in [-0.4, -0.2) is 25.5 Å². The summed E-state index contributed by atoms with van der Waals surface area (Å²) in [5.41, 5.74) is 0.204. The van der Waals surface area contributed by atoms with Crippen molar-refractivity contribution in [2.24, 2.45) is 0 Å². The van der Waals surface area contributed by atoms with Gasteiger partial charge in [-0.05, 0) is 34.1 Å². The lowest BCUT2D eigenvalue weighted by Crippen LogP contribution is -2.26. The molecule has 0 bridgehead atoms. The molecule has 0 saturated heterocycles. The summed E-state index contributed by atoms with van der Waals surface area (Å²) in [6.45, 7) is 0.156. The van der Waals surface area contributed by atoms with E-state index < -0.39 is 17.7 Å². The van der Waals surface area contributed by atoms with Crippen molar-refractivity contribution in [1.29, 1.82) is 0 Å². The Labute approximate surface area is 106 Å². The maximum absolute atomic E-state index is 13.1. The molecule has 1 N–H and O–H groups in total. The molecule has 0 aromatic heterocycles. The van der Waals surface area contributed by atoms with E-state index >= 15 is 0 Å². The zero-order valence-corrected chi connectivity index (χ0v) is 10.7. The maximum atomic E-state index is 13.1. The Morgan fingerprint density at radius 3 is 2.76 bits per heavy atom. The molecule has 0 aliphatic carbocycles. The van der Waals surface area contributed by atoms with Gasteiger partial charge in [0.15, 0.2) is 0 Å². The topological polar surface area (TPSA) is 55.4 Å². The van der Waals surface area contributed by atoms with E-state index in [9.17, 15) is 14.0 Å². The third-order valence-corrected chi connectivity index (χ3v) is 2.67. The van der Waals surface area contributed by atoms with Crippen molar-refractivity contribution >= 4 is 27.8 Å². The SMILES string of the molecule is COC(=O)CCNC(=O)c1ccc(Br)c(F)c1. The zero-order valence-electron chi connectivity index (χ0n) is 9.13. The van der Waals surface area contributed by atoms with Gasteiger partial charge >= 0.3 is 5.97 Å². The Morgan fingerprint density at radius 1 is 1.47 bits per heavy atom. The molecular weight excluding hydrogens is 293 g/mol. The lowest BCUT2D eigenvalue weighted by molar-refractivity contribution is -0.140. The summed E-state index contributed by atoms with van der Waals surface area (Å²) in [5.74, 6) is -1.35. The van der Waals surface area contributed by atoms with Gasteiger partial charge in [-0.1, -0.05) is 0 Å². The van der Waals surface area contributed by atoms with Gasteiger partial charge in [0.1, 0.15) is 5.82 Å². The quantitative estimate of drug-likeness (QED) is 0.864. The van der Waals surface area contributed by atoms with Gasteiger partial charge in [0, 0.05) is 12.1 Å². The van der Waals surface area contributed by atoms with Crippen molar-refractivity contribution in [2.45, 2.75) is 6.42 Å². The van der Waals surface area contributed by atoms with E-state index in [1.54, 1.807) is 0 Å². The van der Waals surface area contributed by atoms with Crippen LogP contribution in [-0.2, 0) is 9.53 Å². The molecule has 0 radical (unpaired) electrons. The predicted molar refractivity (Wildman–Crippen MR) is 63.1 cm³/mol. The van der Waals surface area contributed by atoms with Crippen molar-refractivity contribution in [3.8, 4) is 0 Å². The minimum absolute atomic E-state index is 0.0846. The second-order valence-electron chi connectivity index (χ2n) is 3.21. The van der Waals surface area contributed by atoms with Crippen LogP contribution in [0.1, 0.15) is 16.8 Å². The van der Waals surface area contributed by atoms with Crippen molar-refractivity contribution in [2.75, 3.05) is 13.7 Å². The molecule has 0 saturated carbocycles. The number of esters is 1. The number of ether oxygens (including phenoxy) is 1. The van der Waals surface area contributed by atoms with Gasteiger partial charge in [-0.2, -0.15) is 0 Å². The van der Waals surface area contributed by atoms with Crippen LogP contribution in [0.2, 0.25) is 0 Å². The van der Waals surface area contributed by atoms with Gasteiger partial charge < -0.3 is 10.1 Å². The van der Waals surface area contributed by atoms with Crippen molar-refractivity contribution in [3.05, 3.63) is 34.1 Å². The second-order valence-corrected chi connectivity index (χ2v) is 4.07. The number of amides is 1. The molecule has 1 rings (SSSR count). The average molecular weight is 304 g/mol. The van der Waals surface area contributed by atoms with Crippen LogP contribution in [0.4, 0.5) is 4.39 Å². The van der Waals surface area contributed by atoms with Gasteiger partial charge in [0.05, 0.1) is 18.0 Å². The Balaban J connectivity index is 2.52. The maximum Gasteiger partial charge on any atom is 0.307 e.